The summed E-state index contributed by atoms with van der Waals surface area (Å²) in [6.45, 7) is 3.94. The van der Waals surface area contributed by atoms with Crippen molar-refractivity contribution in [3.05, 3.63) is 52.5 Å². The number of carbonyl (C=O) groups is 1. The molecule has 1 N–H and O–H groups in total. The number of aryl methyl sites for hydroxylation is 1. The van der Waals surface area contributed by atoms with Crippen LogP contribution >= 0.6 is 0 Å². The summed E-state index contributed by atoms with van der Waals surface area (Å²) in [5, 5.41) is 9.41. The van der Waals surface area contributed by atoms with Gasteiger partial charge in [-0.05, 0) is 30.5 Å². The Kier molecular flexibility index (Phi) is 4.25. The van der Waals surface area contributed by atoms with Crippen molar-refractivity contribution in [2.45, 2.75) is 26.4 Å². The molecular weight excluding hydrogens is 294 g/mol. The molecule has 0 unspecified atom stereocenters. The van der Waals surface area contributed by atoms with Crippen molar-refractivity contribution >= 4 is 5.97 Å². The minimum atomic E-state index is -0.894. The van der Waals surface area contributed by atoms with Crippen molar-refractivity contribution in [2.24, 2.45) is 0 Å². The second kappa shape index (κ2) is 6.34. The maximum absolute atomic E-state index is 11.5. The fourth-order valence-electron chi connectivity index (χ4n) is 3.10. The molecule has 23 heavy (non-hydrogen) atoms. The highest BCUT2D eigenvalue weighted by Gasteiger charge is 2.24. The molecule has 120 valence electrons. The first-order chi connectivity index (χ1) is 11.1. The maximum atomic E-state index is 11.5. The molecule has 0 amide bonds. The zero-order chi connectivity index (χ0) is 16.4. The molecule has 3 heterocycles. The lowest BCUT2D eigenvalue weighted by molar-refractivity contribution is 0.0693. The summed E-state index contributed by atoms with van der Waals surface area (Å²) >= 11 is 0. The van der Waals surface area contributed by atoms with Gasteiger partial charge in [-0.3, -0.25) is 9.88 Å². The van der Waals surface area contributed by atoms with Gasteiger partial charge in [0.25, 0.3) is 0 Å². The average Bonchev–Trinajstić information content (AvgIpc) is 2.55. The van der Waals surface area contributed by atoms with Gasteiger partial charge in [0, 0.05) is 37.6 Å². The lowest BCUT2D eigenvalue weighted by Crippen LogP contribution is -2.32. The van der Waals surface area contributed by atoms with E-state index >= 15 is 0 Å². The Bertz CT molecular complexity index is 746. The SMILES string of the molecule is COc1ncccc1CN1CCc2c(cnc(C)c2C(=O)O)C1. The normalized spacial score (nSPS) is 14.3. The Labute approximate surface area is 134 Å². The molecule has 1 aliphatic heterocycles. The number of methoxy groups -OCH3 is 1. The van der Waals surface area contributed by atoms with Gasteiger partial charge in [-0.25, -0.2) is 9.78 Å². The van der Waals surface area contributed by atoms with Crippen molar-refractivity contribution in [1.82, 2.24) is 14.9 Å². The fourth-order valence-corrected chi connectivity index (χ4v) is 3.10. The first kappa shape index (κ1) is 15.4. The number of pyridine rings is 2. The number of hydrogen-bond acceptors (Lipinski definition) is 5. The Morgan fingerprint density at radius 2 is 2.26 bits per heavy atom. The minimum Gasteiger partial charge on any atom is -0.481 e. The molecule has 0 radical (unpaired) electrons. The lowest BCUT2D eigenvalue weighted by Gasteiger charge is -2.29. The third-order valence-electron chi connectivity index (χ3n) is 4.19. The van der Waals surface area contributed by atoms with Gasteiger partial charge in [-0.2, -0.15) is 0 Å². The van der Waals surface area contributed by atoms with Crippen LogP contribution in [-0.2, 0) is 19.5 Å². The molecule has 2 aromatic heterocycles. The number of carboxylic acid groups (broad SMARTS) is 1. The van der Waals surface area contributed by atoms with E-state index in [1.165, 1.54) is 0 Å². The second-order valence-electron chi connectivity index (χ2n) is 5.66. The number of aromatic nitrogens is 2. The Morgan fingerprint density at radius 1 is 1.43 bits per heavy atom. The zero-order valence-electron chi connectivity index (χ0n) is 13.2. The van der Waals surface area contributed by atoms with Crippen LogP contribution in [0.5, 0.6) is 5.88 Å². The second-order valence-corrected chi connectivity index (χ2v) is 5.66. The van der Waals surface area contributed by atoms with Gasteiger partial charge in [0.1, 0.15) is 0 Å². The van der Waals surface area contributed by atoms with Crippen LogP contribution in [0, 0.1) is 6.92 Å². The molecule has 0 saturated carbocycles. The number of carboxylic acids is 1. The van der Waals surface area contributed by atoms with Crippen molar-refractivity contribution in [1.29, 1.82) is 0 Å². The Morgan fingerprint density at radius 3 is 3.00 bits per heavy atom. The molecule has 0 spiro atoms. The van der Waals surface area contributed by atoms with Crippen molar-refractivity contribution < 1.29 is 14.6 Å². The van der Waals surface area contributed by atoms with Gasteiger partial charge in [-0.15, -0.1) is 0 Å². The third kappa shape index (κ3) is 3.03. The average molecular weight is 313 g/mol. The zero-order valence-corrected chi connectivity index (χ0v) is 13.2. The monoisotopic (exact) mass is 313 g/mol. The van der Waals surface area contributed by atoms with Crippen LogP contribution in [0.4, 0.5) is 0 Å². The molecule has 1 aliphatic rings. The van der Waals surface area contributed by atoms with E-state index in [2.05, 4.69) is 14.9 Å². The molecule has 0 fully saturated rings. The van der Waals surface area contributed by atoms with Crippen LogP contribution in [0.15, 0.2) is 24.5 Å². The summed E-state index contributed by atoms with van der Waals surface area (Å²) in [6.07, 6.45) is 4.21. The maximum Gasteiger partial charge on any atom is 0.337 e. The van der Waals surface area contributed by atoms with Gasteiger partial charge in [-0.1, -0.05) is 6.07 Å². The first-order valence-corrected chi connectivity index (χ1v) is 7.51. The highest BCUT2D eigenvalue weighted by Crippen LogP contribution is 2.26. The summed E-state index contributed by atoms with van der Waals surface area (Å²) in [4.78, 5) is 22.2. The van der Waals surface area contributed by atoms with E-state index in [1.807, 2.05) is 12.1 Å². The van der Waals surface area contributed by atoms with Crippen LogP contribution in [0.3, 0.4) is 0 Å². The number of fused-ring (bicyclic) bond motifs is 1. The summed E-state index contributed by atoms with van der Waals surface area (Å²) in [5.41, 5.74) is 3.87. The predicted octanol–water partition coefficient (Wildman–Crippen LogP) is 2.05. The van der Waals surface area contributed by atoms with Crippen LogP contribution in [0.1, 0.15) is 32.7 Å². The first-order valence-electron chi connectivity index (χ1n) is 7.51. The largest absolute Gasteiger partial charge is 0.481 e. The van der Waals surface area contributed by atoms with Gasteiger partial charge in [0.2, 0.25) is 5.88 Å². The van der Waals surface area contributed by atoms with E-state index in [-0.39, 0.29) is 0 Å². The molecule has 0 aromatic carbocycles. The Hall–Kier alpha value is -2.47. The molecule has 6 heteroatoms. The van der Waals surface area contributed by atoms with Crippen LogP contribution in [-0.4, -0.2) is 39.6 Å². The fraction of sp³-hybridized carbons (Fsp3) is 0.353. The van der Waals surface area contributed by atoms with Crippen molar-refractivity contribution in [2.75, 3.05) is 13.7 Å². The number of nitrogens with zero attached hydrogens (tertiary/aromatic N) is 3. The highest BCUT2D eigenvalue weighted by molar-refractivity contribution is 5.91. The smallest absolute Gasteiger partial charge is 0.337 e. The lowest BCUT2D eigenvalue weighted by atomic mass is 9.95. The summed E-state index contributed by atoms with van der Waals surface area (Å²) in [6, 6.07) is 3.89. The summed E-state index contributed by atoms with van der Waals surface area (Å²) in [5.74, 6) is -0.263. The highest BCUT2D eigenvalue weighted by atomic mass is 16.5. The molecule has 0 aliphatic carbocycles. The molecule has 0 saturated heterocycles. The van der Waals surface area contributed by atoms with Crippen molar-refractivity contribution in [3.63, 3.8) is 0 Å². The van der Waals surface area contributed by atoms with Crippen LogP contribution < -0.4 is 4.74 Å². The van der Waals surface area contributed by atoms with Gasteiger partial charge < -0.3 is 9.84 Å². The van der Waals surface area contributed by atoms with E-state index in [1.54, 1.807) is 26.4 Å². The van der Waals surface area contributed by atoms with Gasteiger partial charge in [0.05, 0.1) is 18.4 Å². The summed E-state index contributed by atoms with van der Waals surface area (Å²) < 4.78 is 5.29. The molecule has 0 bridgehead atoms. The molecular formula is C17H19N3O3. The number of hydrogen-bond donors (Lipinski definition) is 1. The number of aromatic carboxylic acids is 1. The van der Waals surface area contributed by atoms with Gasteiger partial charge >= 0.3 is 5.97 Å². The van der Waals surface area contributed by atoms with E-state index < -0.39 is 5.97 Å². The van der Waals surface area contributed by atoms with Crippen LogP contribution in [0.25, 0.3) is 0 Å². The van der Waals surface area contributed by atoms with Crippen LogP contribution in [0.2, 0.25) is 0 Å². The van der Waals surface area contributed by atoms with Gasteiger partial charge in [0.15, 0.2) is 0 Å². The topological polar surface area (TPSA) is 75.5 Å². The minimum absolute atomic E-state index is 0.362. The number of rotatable bonds is 4. The van der Waals surface area contributed by atoms with E-state index in [0.717, 1.165) is 23.2 Å². The third-order valence-corrected chi connectivity index (χ3v) is 4.19. The van der Waals surface area contributed by atoms with E-state index in [4.69, 9.17) is 4.74 Å². The predicted molar refractivity (Wildman–Crippen MR) is 84.5 cm³/mol. The summed E-state index contributed by atoms with van der Waals surface area (Å²) in [7, 11) is 1.61. The van der Waals surface area contributed by atoms with E-state index in [9.17, 15) is 9.90 Å². The standard InChI is InChI=1S/C17H19N3O3/c1-11-15(17(21)22)14-5-7-20(10-13(14)8-19-11)9-12-4-3-6-18-16(12)23-2/h3-4,6,8H,5,7,9-10H2,1-2H3,(H,21,22). The van der Waals surface area contributed by atoms with E-state index in [0.29, 0.717) is 36.6 Å². The molecule has 0 atom stereocenters. The van der Waals surface area contributed by atoms with Crippen molar-refractivity contribution in [3.8, 4) is 5.88 Å². The quantitative estimate of drug-likeness (QED) is 0.931. The molecule has 2 aromatic rings. The molecule has 3 rings (SSSR count). The number of ether oxygens (including phenoxy) is 1. The molecule has 6 nitrogen and oxygen atoms in total. The Balaban J connectivity index is 1.84.